The molecule has 0 unspecified atom stereocenters. The standard InChI is InChI=1S/C9H12N2O2S/c1-13-5-8(12)11-9-10-6-3-2-4-7(6)14-9/h2-5H2,1H3,(H,10,11,12). The highest BCUT2D eigenvalue weighted by Gasteiger charge is 2.17. The van der Waals surface area contributed by atoms with Gasteiger partial charge in [0.2, 0.25) is 0 Å². The van der Waals surface area contributed by atoms with Crippen LogP contribution in [0.4, 0.5) is 5.13 Å². The number of aryl methyl sites for hydroxylation is 2. The van der Waals surface area contributed by atoms with E-state index in [1.54, 1.807) is 11.3 Å². The maximum Gasteiger partial charge on any atom is 0.252 e. The number of anilines is 1. The van der Waals surface area contributed by atoms with E-state index in [2.05, 4.69) is 10.3 Å². The Hall–Kier alpha value is -0.940. The third-order valence-corrected chi connectivity index (χ3v) is 3.19. The molecule has 1 aromatic rings. The van der Waals surface area contributed by atoms with Gasteiger partial charge in [0.15, 0.2) is 5.13 Å². The van der Waals surface area contributed by atoms with Crippen LogP contribution in [0.5, 0.6) is 0 Å². The number of hydrogen-bond donors (Lipinski definition) is 1. The van der Waals surface area contributed by atoms with Gasteiger partial charge in [0.05, 0.1) is 5.69 Å². The van der Waals surface area contributed by atoms with E-state index in [1.165, 1.54) is 18.4 Å². The molecule has 2 rings (SSSR count). The molecule has 14 heavy (non-hydrogen) atoms. The van der Waals surface area contributed by atoms with E-state index in [1.807, 2.05) is 0 Å². The topological polar surface area (TPSA) is 51.2 Å². The minimum Gasteiger partial charge on any atom is -0.375 e. The van der Waals surface area contributed by atoms with Gasteiger partial charge in [0.1, 0.15) is 6.61 Å². The fourth-order valence-electron chi connectivity index (χ4n) is 1.53. The lowest BCUT2D eigenvalue weighted by Crippen LogP contribution is -2.16. The fourth-order valence-corrected chi connectivity index (χ4v) is 2.60. The Morgan fingerprint density at radius 2 is 2.50 bits per heavy atom. The van der Waals surface area contributed by atoms with Crippen LogP contribution >= 0.6 is 11.3 Å². The Labute approximate surface area is 86.3 Å². The van der Waals surface area contributed by atoms with Crippen molar-refractivity contribution in [1.29, 1.82) is 0 Å². The van der Waals surface area contributed by atoms with Crippen molar-refractivity contribution in [1.82, 2.24) is 4.98 Å². The summed E-state index contributed by atoms with van der Waals surface area (Å²) >= 11 is 1.58. The average molecular weight is 212 g/mol. The van der Waals surface area contributed by atoms with Gasteiger partial charge in [-0.15, -0.1) is 11.3 Å². The highest BCUT2D eigenvalue weighted by molar-refractivity contribution is 7.15. The SMILES string of the molecule is COCC(=O)Nc1nc2c(s1)CCC2. The third kappa shape index (κ3) is 1.93. The van der Waals surface area contributed by atoms with Crippen molar-refractivity contribution < 1.29 is 9.53 Å². The molecule has 4 nitrogen and oxygen atoms in total. The predicted molar refractivity (Wildman–Crippen MR) is 54.6 cm³/mol. The molecule has 0 aromatic carbocycles. The van der Waals surface area contributed by atoms with Crippen molar-refractivity contribution in [3.8, 4) is 0 Å². The number of hydrogen-bond acceptors (Lipinski definition) is 4. The quantitative estimate of drug-likeness (QED) is 0.819. The van der Waals surface area contributed by atoms with E-state index < -0.39 is 0 Å². The highest BCUT2D eigenvalue weighted by atomic mass is 32.1. The molecular weight excluding hydrogens is 200 g/mol. The lowest BCUT2D eigenvalue weighted by Gasteiger charge is -1.99. The first-order chi connectivity index (χ1) is 6.79. The Morgan fingerprint density at radius 1 is 1.64 bits per heavy atom. The number of carbonyl (C=O) groups excluding carboxylic acids is 1. The Bertz CT molecular complexity index is 327. The fraction of sp³-hybridized carbons (Fsp3) is 0.556. The maximum atomic E-state index is 11.2. The van der Waals surface area contributed by atoms with Crippen molar-refractivity contribution >= 4 is 22.4 Å². The molecule has 0 aliphatic heterocycles. The summed E-state index contributed by atoms with van der Waals surface area (Å²) in [7, 11) is 1.50. The zero-order chi connectivity index (χ0) is 9.97. The van der Waals surface area contributed by atoms with Gasteiger partial charge in [-0.1, -0.05) is 0 Å². The number of rotatable bonds is 3. The van der Waals surface area contributed by atoms with Crippen LogP contribution in [-0.2, 0) is 22.4 Å². The van der Waals surface area contributed by atoms with E-state index in [0.29, 0.717) is 5.13 Å². The molecule has 0 saturated carbocycles. The Balaban J connectivity index is 2.00. The molecule has 1 heterocycles. The minimum atomic E-state index is -0.139. The number of fused-ring (bicyclic) bond motifs is 1. The molecule has 5 heteroatoms. The van der Waals surface area contributed by atoms with E-state index in [-0.39, 0.29) is 12.5 Å². The van der Waals surface area contributed by atoms with Crippen LogP contribution in [0.1, 0.15) is 17.0 Å². The van der Waals surface area contributed by atoms with Gasteiger partial charge in [-0.05, 0) is 19.3 Å². The normalized spacial score (nSPS) is 14.1. The first kappa shape index (κ1) is 9.61. The molecule has 0 bridgehead atoms. The zero-order valence-electron chi connectivity index (χ0n) is 8.00. The summed E-state index contributed by atoms with van der Waals surface area (Å²) in [6.45, 7) is 0.0875. The van der Waals surface area contributed by atoms with Crippen molar-refractivity contribution in [2.75, 3.05) is 19.0 Å². The first-order valence-corrected chi connectivity index (χ1v) is 5.38. The van der Waals surface area contributed by atoms with Crippen molar-refractivity contribution in [3.63, 3.8) is 0 Å². The summed E-state index contributed by atoms with van der Waals surface area (Å²) in [4.78, 5) is 16.8. The van der Waals surface area contributed by atoms with Crippen LogP contribution in [0.2, 0.25) is 0 Å². The second-order valence-corrected chi connectivity index (χ2v) is 4.31. The molecule has 1 aliphatic rings. The smallest absolute Gasteiger partial charge is 0.252 e. The van der Waals surface area contributed by atoms with Crippen molar-refractivity contribution in [3.05, 3.63) is 10.6 Å². The monoisotopic (exact) mass is 212 g/mol. The number of methoxy groups -OCH3 is 1. The average Bonchev–Trinajstić information content (AvgIpc) is 2.63. The number of carbonyl (C=O) groups is 1. The van der Waals surface area contributed by atoms with Gasteiger partial charge >= 0.3 is 0 Å². The van der Waals surface area contributed by atoms with Crippen LogP contribution in [0, 0.1) is 0 Å². The second-order valence-electron chi connectivity index (χ2n) is 3.22. The predicted octanol–water partition coefficient (Wildman–Crippen LogP) is 1.22. The maximum absolute atomic E-state index is 11.2. The van der Waals surface area contributed by atoms with Gasteiger partial charge in [-0.2, -0.15) is 0 Å². The molecule has 1 aromatic heterocycles. The third-order valence-electron chi connectivity index (χ3n) is 2.12. The summed E-state index contributed by atoms with van der Waals surface area (Å²) in [5, 5.41) is 3.42. The molecule has 0 spiro atoms. The van der Waals surface area contributed by atoms with Crippen molar-refractivity contribution in [2.45, 2.75) is 19.3 Å². The lowest BCUT2D eigenvalue weighted by atomic mass is 10.4. The molecule has 0 saturated heterocycles. The Morgan fingerprint density at radius 3 is 3.21 bits per heavy atom. The van der Waals surface area contributed by atoms with Gasteiger partial charge < -0.3 is 4.74 Å². The molecule has 0 radical (unpaired) electrons. The van der Waals surface area contributed by atoms with Crippen LogP contribution < -0.4 is 5.32 Å². The summed E-state index contributed by atoms with van der Waals surface area (Å²) in [6, 6.07) is 0. The molecule has 0 fully saturated rings. The van der Waals surface area contributed by atoms with E-state index in [9.17, 15) is 4.79 Å². The van der Waals surface area contributed by atoms with Gasteiger partial charge in [-0.25, -0.2) is 4.98 Å². The summed E-state index contributed by atoms with van der Waals surface area (Å²) in [5.41, 5.74) is 1.16. The van der Waals surface area contributed by atoms with Gasteiger partial charge in [0, 0.05) is 12.0 Å². The van der Waals surface area contributed by atoms with Crippen LogP contribution in [0.15, 0.2) is 0 Å². The number of aromatic nitrogens is 1. The molecule has 1 N–H and O–H groups in total. The van der Waals surface area contributed by atoms with Crippen LogP contribution in [0.25, 0.3) is 0 Å². The van der Waals surface area contributed by atoms with Gasteiger partial charge in [0.25, 0.3) is 5.91 Å². The summed E-state index contributed by atoms with van der Waals surface area (Å²) in [6.07, 6.45) is 3.35. The number of nitrogens with zero attached hydrogens (tertiary/aromatic N) is 1. The summed E-state index contributed by atoms with van der Waals surface area (Å²) in [5.74, 6) is -0.139. The largest absolute Gasteiger partial charge is 0.375 e. The number of thiazole rings is 1. The van der Waals surface area contributed by atoms with E-state index in [0.717, 1.165) is 18.5 Å². The van der Waals surface area contributed by atoms with Crippen LogP contribution in [-0.4, -0.2) is 24.6 Å². The number of amides is 1. The Kier molecular flexibility index (Phi) is 2.79. The van der Waals surface area contributed by atoms with Gasteiger partial charge in [-0.3, -0.25) is 10.1 Å². The van der Waals surface area contributed by atoms with E-state index in [4.69, 9.17) is 4.74 Å². The lowest BCUT2D eigenvalue weighted by molar-refractivity contribution is -0.119. The highest BCUT2D eigenvalue weighted by Crippen LogP contribution is 2.30. The second kappa shape index (κ2) is 4.06. The number of nitrogens with one attached hydrogen (secondary N) is 1. The molecule has 76 valence electrons. The van der Waals surface area contributed by atoms with Crippen molar-refractivity contribution in [2.24, 2.45) is 0 Å². The molecular formula is C9H12N2O2S. The minimum absolute atomic E-state index is 0.0875. The molecule has 1 amide bonds. The molecule has 0 atom stereocenters. The summed E-state index contributed by atoms with van der Waals surface area (Å²) < 4.78 is 4.72. The number of ether oxygens (including phenoxy) is 1. The first-order valence-electron chi connectivity index (χ1n) is 4.57. The van der Waals surface area contributed by atoms with E-state index >= 15 is 0 Å². The molecule has 1 aliphatic carbocycles. The zero-order valence-corrected chi connectivity index (χ0v) is 8.82. The van der Waals surface area contributed by atoms with Crippen LogP contribution in [0.3, 0.4) is 0 Å².